The highest BCUT2D eigenvalue weighted by molar-refractivity contribution is 6.31. The van der Waals surface area contributed by atoms with Gasteiger partial charge in [0, 0.05) is 27.8 Å². The van der Waals surface area contributed by atoms with Crippen LogP contribution in [0.5, 0.6) is 11.5 Å². The lowest BCUT2D eigenvalue weighted by molar-refractivity contribution is -0.131. The number of hydrogen-bond acceptors (Lipinski definition) is 3. The molecule has 4 bridgehead atoms. The summed E-state index contributed by atoms with van der Waals surface area (Å²) in [4.78, 5) is 11.0. The Kier molecular flexibility index (Phi) is 5.01. The number of carboxylic acid groups (broad SMARTS) is 1. The Balaban J connectivity index is 1.61. The van der Waals surface area contributed by atoms with E-state index in [4.69, 9.17) is 21.4 Å². The summed E-state index contributed by atoms with van der Waals surface area (Å²) in [7, 11) is 1.57. The van der Waals surface area contributed by atoms with Crippen molar-refractivity contribution in [2.75, 3.05) is 7.11 Å². The van der Waals surface area contributed by atoms with Gasteiger partial charge in [0.25, 0.3) is 0 Å². The van der Waals surface area contributed by atoms with Gasteiger partial charge in [-0.25, -0.2) is 4.79 Å². The molecule has 2 aromatic carbocycles. The van der Waals surface area contributed by atoms with Crippen molar-refractivity contribution in [3.63, 3.8) is 0 Å². The van der Waals surface area contributed by atoms with Crippen LogP contribution in [0, 0.1) is 17.8 Å². The number of aliphatic carboxylic acids is 1. The average Bonchev–Trinajstić information content (AvgIpc) is 2.71. The fourth-order valence-corrected chi connectivity index (χ4v) is 7.14. The van der Waals surface area contributed by atoms with Crippen LogP contribution in [0.25, 0.3) is 17.2 Å². The maximum atomic E-state index is 11.0. The molecule has 0 unspecified atom stereocenters. The lowest BCUT2D eigenvalue weighted by Gasteiger charge is -2.57. The number of halogens is 1. The number of rotatable bonds is 5. The van der Waals surface area contributed by atoms with Crippen LogP contribution in [0.2, 0.25) is 5.02 Å². The first-order valence-corrected chi connectivity index (χ1v) is 11.4. The lowest BCUT2D eigenvalue weighted by atomic mass is 9.48. The van der Waals surface area contributed by atoms with Crippen LogP contribution in [0.15, 0.2) is 36.4 Å². The number of phenolic OH excluding ortho intramolecular Hbond substituents is 1. The lowest BCUT2D eigenvalue weighted by Crippen LogP contribution is -2.48. The van der Waals surface area contributed by atoms with E-state index in [0.29, 0.717) is 22.1 Å². The Hall–Kier alpha value is -2.46. The van der Waals surface area contributed by atoms with Crippen molar-refractivity contribution in [2.45, 2.75) is 43.9 Å². The van der Waals surface area contributed by atoms with Gasteiger partial charge < -0.3 is 14.9 Å². The molecule has 0 heterocycles. The number of phenols is 1. The molecule has 6 rings (SSSR count). The van der Waals surface area contributed by atoms with Crippen molar-refractivity contribution >= 4 is 23.6 Å². The van der Waals surface area contributed by atoms with Crippen molar-refractivity contribution in [1.82, 2.24) is 0 Å². The van der Waals surface area contributed by atoms with E-state index in [1.165, 1.54) is 25.3 Å². The van der Waals surface area contributed by atoms with E-state index < -0.39 is 5.97 Å². The summed E-state index contributed by atoms with van der Waals surface area (Å²) in [6, 6.07) is 9.33. The standard InChI is InChI=1S/C26H27ClO4/c1-31-25-19(3-5-24(29)30)9-20(27)11-21(25)18-2-4-23(28)22(10-18)26-12-15-6-16(13-26)8-17(7-15)14-26/h2-5,9-11,15-17,28H,6-8,12-14H2,1H3,(H,29,30). The van der Waals surface area contributed by atoms with Crippen LogP contribution < -0.4 is 4.74 Å². The second-order valence-corrected chi connectivity index (χ2v) is 10.1. The van der Waals surface area contributed by atoms with Crippen molar-refractivity contribution in [3.05, 3.63) is 52.6 Å². The van der Waals surface area contributed by atoms with E-state index in [-0.39, 0.29) is 5.41 Å². The highest BCUT2D eigenvalue weighted by Crippen LogP contribution is 2.62. The number of hydrogen-bond donors (Lipinski definition) is 2. The minimum atomic E-state index is -1.03. The molecule has 5 heteroatoms. The molecule has 0 aliphatic heterocycles. The fraction of sp³-hybridized carbons (Fsp3) is 0.423. The van der Waals surface area contributed by atoms with Gasteiger partial charge >= 0.3 is 5.97 Å². The number of aromatic hydroxyl groups is 1. The summed E-state index contributed by atoms with van der Waals surface area (Å²) in [5.41, 5.74) is 3.44. The first kappa shape index (κ1) is 20.4. The normalized spacial score (nSPS) is 28.9. The number of methoxy groups -OCH3 is 1. The monoisotopic (exact) mass is 438 g/mol. The first-order valence-electron chi connectivity index (χ1n) is 11.0. The van der Waals surface area contributed by atoms with Crippen molar-refractivity contribution < 1.29 is 19.7 Å². The van der Waals surface area contributed by atoms with Gasteiger partial charge in [-0.1, -0.05) is 17.7 Å². The van der Waals surface area contributed by atoms with E-state index in [1.54, 1.807) is 19.2 Å². The minimum Gasteiger partial charge on any atom is -0.508 e. The molecule has 4 aliphatic rings. The summed E-state index contributed by atoms with van der Waals surface area (Å²) >= 11 is 6.39. The maximum Gasteiger partial charge on any atom is 0.328 e. The summed E-state index contributed by atoms with van der Waals surface area (Å²) in [5.74, 6) is 2.26. The average molecular weight is 439 g/mol. The van der Waals surface area contributed by atoms with Crippen LogP contribution in [0.3, 0.4) is 0 Å². The van der Waals surface area contributed by atoms with Gasteiger partial charge in [0.05, 0.1) is 7.11 Å². The molecule has 4 aliphatic carbocycles. The molecule has 0 radical (unpaired) electrons. The van der Waals surface area contributed by atoms with Crippen LogP contribution in [-0.4, -0.2) is 23.3 Å². The van der Waals surface area contributed by atoms with Crippen molar-refractivity contribution in [3.8, 4) is 22.6 Å². The molecule has 0 atom stereocenters. The number of ether oxygens (including phenoxy) is 1. The van der Waals surface area contributed by atoms with E-state index in [9.17, 15) is 9.90 Å². The predicted molar refractivity (Wildman–Crippen MR) is 122 cm³/mol. The van der Waals surface area contributed by atoms with E-state index >= 15 is 0 Å². The van der Waals surface area contributed by atoms with Gasteiger partial charge in [0.2, 0.25) is 0 Å². The highest BCUT2D eigenvalue weighted by atomic mass is 35.5. The molecule has 4 saturated carbocycles. The molecule has 0 amide bonds. The van der Waals surface area contributed by atoms with Gasteiger partial charge in [0.1, 0.15) is 11.5 Å². The van der Waals surface area contributed by atoms with Gasteiger partial charge in [-0.15, -0.1) is 0 Å². The second-order valence-electron chi connectivity index (χ2n) is 9.68. The molecule has 31 heavy (non-hydrogen) atoms. The largest absolute Gasteiger partial charge is 0.508 e. The third-order valence-electron chi connectivity index (χ3n) is 7.61. The van der Waals surface area contributed by atoms with Gasteiger partial charge in [-0.2, -0.15) is 0 Å². The van der Waals surface area contributed by atoms with Crippen LogP contribution in [0.1, 0.15) is 49.7 Å². The van der Waals surface area contributed by atoms with Gasteiger partial charge in [0.15, 0.2) is 0 Å². The van der Waals surface area contributed by atoms with E-state index in [2.05, 4.69) is 6.07 Å². The van der Waals surface area contributed by atoms with Crippen molar-refractivity contribution in [2.24, 2.45) is 17.8 Å². The minimum absolute atomic E-state index is 0.0622. The molecular formula is C26H27ClO4. The SMILES string of the molecule is COc1c(C=CC(=O)O)cc(Cl)cc1-c1ccc(O)c(C23CC4CC(CC(C4)C2)C3)c1. The Morgan fingerprint density at radius 1 is 1.10 bits per heavy atom. The van der Waals surface area contributed by atoms with Crippen molar-refractivity contribution in [1.29, 1.82) is 0 Å². The highest BCUT2D eigenvalue weighted by Gasteiger charge is 2.52. The predicted octanol–water partition coefficient (Wildman–Crippen LogP) is 6.29. The molecule has 2 aromatic rings. The molecule has 4 fully saturated rings. The van der Waals surface area contributed by atoms with Crippen LogP contribution >= 0.6 is 11.6 Å². The number of carbonyl (C=O) groups is 1. The molecular weight excluding hydrogens is 412 g/mol. The summed E-state index contributed by atoms with van der Waals surface area (Å²) < 4.78 is 5.67. The first-order chi connectivity index (χ1) is 14.9. The fourth-order valence-electron chi connectivity index (χ4n) is 6.91. The Morgan fingerprint density at radius 3 is 2.32 bits per heavy atom. The van der Waals surface area contributed by atoms with Gasteiger partial charge in [-0.05, 0) is 97.6 Å². The topological polar surface area (TPSA) is 66.8 Å². The third-order valence-corrected chi connectivity index (χ3v) is 7.83. The van der Waals surface area contributed by atoms with E-state index in [0.717, 1.165) is 59.8 Å². The summed E-state index contributed by atoms with van der Waals surface area (Å²) in [5, 5.41) is 20.4. The van der Waals surface area contributed by atoms with Crippen LogP contribution in [0.4, 0.5) is 0 Å². The van der Waals surface area contributed by atoms with Crippen LogP contribution in [-0.2, 0) is 10.2 Å². The Morgan fingerprint density at radius 2 is 1.74 bits per heavy atom. The third kappa shape index (κ3) is 3.61. The van der Waals surface area contributed by atoms with Gasteiger partial charge in [-0.3, -0.25) is 0 Å². The summed E-state index contributed by atoms with van der Waals surface area (Å²) in [6.07, 6.45) is 10.1. The molecule has 0 spiro atoms. The Bertz CT molecular complexity index is 1040. The van der Waals surface area contributed by atoms with E-state index in [1.807, 2.05) is 12.1 Å². The quantitative estimate of drug-likeness (QED) is 0.538. The summed E-state index contributed by atoms with van der Waals surface area (Å²) in [6.45, 7) is 0. The molecule has 162 valence electrons. The number of benzene rings is 2. The Labute approximate surface area is 187 Å². The molecule has 0 aromatic heterocycles. The zero-order chi connectivity index (χ0) is 21.8. The zero-order valence-electron chi connectivity index (χ0n) is 17.6. The molecule has 0 saturated heterocycles. The maximum absolute atomic E-state index is 11.0. The second kappa shape index (κ2) is 7.59. The number of carboxylic acids is 1. The zero-order valence-corrected chi connectivity index (χ0v) is 18.4. The molecule has 4 nitrogen and oxygen atoms in total. The smallest absolute Gasteiger partial charge is 0.328 e. The molecule has 2 N–H and O–H groups in total.